The van der Waals surface area contributed by atoms with Crippen molar-refractivity contribution in [3.63, 3.8) is 0 Å². The first-order chi connectivity index (χ1) is 11.3. The lowest BCUT2D eigenvalue weighted by Crippen LogP contribution is -2.13. The van der Waals surface area contributed by atoms with Crippen LogP contribution in [-0.4, -0.2) is 19.1 Å². The molecule has 0 aliphatic rings. The van der Waals surface area contributed by atoms with E-state index in [1.807, 2.05) is 0 Å². The molecule has 154 valence electrons. The van der Waals surface area contributed by atoms with Gasteiger partial charge in [-0.15, -0.1) is 24.0 Å². The average Bonchev–Trinajstić information content (AvgIpc) is 2.56. The Morgan fingerprint density at radius 2 is 1.08 bits per heavy atom. The van der Waals surface area contributed by atoms with Gasteiger partial charge in [0, 0.05) is 13.0 Å². The highest BCUT2D eigenvalue weighted by Gasteiger charge is 2.01. The molecular formula is C20H45IN2O2. The molecule has 4 nitrogen and oxygen atoms in total. The fourth-order valence-corrected chi connectivity index (χ4v) is 2.89. The molecule has 5 heteroatoms. The number of hydrogen-bond donors (Lipinski definition) is 2. The van der Waals surface area contributed by atoms with Gasteiger partial charge in [0.1, 0.15) is 6.61 Å². The minimum absolute atomic E-state index is 0. The summed E-state index contributed by atoms with van der Waals surface area (Å²) >= 11 is 0. The summed E-state index contributed by atoms with van der Waals surface area (Å²) in [5.74, 6) is -0.0925. The molecule has 0 unspecified atom stereocenters. The summed E-state index contributed by atoms with van der Waals surface area (Å²) in [7, 11) is 0. The van der Waals surface area contributed by atoms with Gasteiger partial charge in [-0.3, -0.25) is 4.79 Å². The first-order valence-electron chi connectivity index (χ1n) is 10.2. The summed E-state index contributed by atoms with van der Waals surface area (Å²) in [6.45, 7) is 3.06. The molecule has 0 bridgehead atoms. The Balaban J connectivity index is -0.00000242. The molecular weight excluding hydrogens is 427 g/mol. The zero-order valence-electron chi connectivity index (χ0n) is 16.7. The average molecular weight is 472 g/mol. The second-order valence-corrected chi connectivity index (χ2v) is 6.71. The Labute approximate surface area is 174 Å². The molecule has 0 spiro atoms. The zero-order chi connectivity index (χ0) is 17.0. The van der Waals surface area contributed by atoms with E-state index in [1.165, 1.54) is 83.5 Å². The molecule has 5 N–H and O–H groups in total. The lowest BCUT2D eigenvalue weighted by molar-refractivity contribution is -0.143. The SMILES string of the molecule is CCCCCCCCCCCCCCCCCC(=O)OCCN.I.N. The maximum Gasteiger partial charge on any atom is 0.305 e. The van der Waals surface area contributed by atoms with Crippen molar-refractivity contribution in [3.05, 3.63) is 0 Å². The van der Waals surface area contributed by atoms with Crippen LogP contribution in [0, 0.1) is 0 Å². The highest BCUT2D eigenvalue weighted by Crippen LogP contribution is 2.13. The van der Waals surface area contributed by atoms with E-state index < -0.39 is 0 Å². The molecule has 25 heavy (non-hydrogen) atoms. The fraction of sp³-hybridized carbons (Fsp3) is 0.950. The number of unbranched alkanes of at least 4 members (excludes halogenated alkanes) is 14. The maximum atomic E-state index is 11.3. The van der Waals surface area contributed by atoms with E-state index in [1.54, 1.807) is 0 Å². The van der Waals surface area contributed by atoms with Crippen LogP contribution in [0.4, 0.5) is 0 Å². The van der Waals surface area contributed by atoms with Gasteiger partial charge in [0.2, 0.25) is 0 Å². The molecule has 0 aliphatic heterocycles. The predicted octanol–water partition coefficient (Wildman–Crippen LogP) is 6.53. The van der Waals surface area contributed by atoms with Gasteiger partial charge < -0.3 is 16.6 Å². The van der Waals surface area contributed by atoms with Crippen molar-refractivity contribution < 1.29 is 9.53 Å². The van der Waals surface area contributed by atoms with E-state index in [0.717, 1.165) is 12.8 Å². The number of carbonyl (C=O) groups excluding carboxylic acids is 1. The third-order valence-corrected chi connectivity index (χ3v) is 4.37. The van der Waals surface area contributed by atoms with Gasteiger partial charge in [0.05, 0.1) is 0 Å². The van der Waals surface area contributed by atoms with Crippen molar-refractivity contribution in [2.75, 3.05) is 13.2 Å². The normalized spacial score (nSPS) is 10.0. The van der Waals surface area contributed by atoms with Gasteiger partial charge >= 0.3 is 5.97 Å². The third kappa shape index (κ3) is 26.5. The molecule has 0 aromatic rings. The second-order valence-electron chi connectivity index (χ2n) is 6.71. The minimum atomic E-state index is -0.0925. The van der Waals surface area contributed by atoms with Crippen molar-refractivity contribution in [2.45, 2.75) is 110 Å². The van der Waals surface area contributed by atoms with Crippen molar-refractivity contribution >= 4 is 29.9 Å². The lowest BCUT2D eigenvalue weighted by Gasteiger charge is -2.04. The van der Waals surface area contributed by atoms with E-state index in [4.69, 9.17) is 10.5 Å². The number of rotatable bonds is 18. The molecule has 0 aromatic carbocycles. The molecule has 0 fully saturated rings. The van der Waals surface area contributed by atoms with E-state index >= 15 is 0 Å². The number of nitrogens with two attached hydrogens (primary N) is 1. The summed E-state index contributed by atoms with van der Waals surface area (Å²) in [6, 6.07) is 0. The maximum absolute atomic E-state index is 11.3. The molecule has 0 aromatic heterocycles. The van der Waals surface area contributed by atoms with Crippen LogP contribution < -0.4 is 11.9 Å². The Bertz CT molecular complexity index is 254. The number of halogens is 1. The van der Waals surface area contributed by atoms with Crippen LogP contribution in [-0.2, 0) is 9.53 Å². The van der Waals surface area contributed by atoms with Gasteiger partial charge in [-0.1, -0.05) is 96.8 Å². The van der Waals surface area contributed by atoms with Crippen molar-refractivity contribution in [1.29, 1.82) is 0 Å². The highest BCUT2D eigenvalue weighted by molar-refractivity contribution is 14.0. The van der Waals surface area contributed by atoms with Gasteiger partial charge in [0.25, 0.3) is 0 Å². The molecule has 0 heterocycles. The molecule has 0 amide bonds. The van der Waals surface area contributed by atoms with Crippen LogP contribution in [0.5, 0.6) is 0 Å². The molecule has 0 radical (unpaired) electrons. The number of esters is 1. The van der Waals surface area contributed by atoms with Gasteiger partial charge in [0.15, 0.2) is 0 Å². The van der Waals surface area contributed by atoms with Crippen molar-refractivity contribution in [1.82, 2.24) is 6.15 Å². The Kier molecular flexibility index (Phi) is 31.5. The van der Waals surface area contributed by atoms with Crippen LogP contribution in [0.1, 0.15) is 110 Å². The van der Waals surface area contributed by atoms with Crippen LogP contribution in [0.25, 0.3) is 0 Å². The van der Waals surface area contributed by atoms with E-state index in [9.17, 15) is 4.79 Å². The molecule has 0 saturated heterocycles. The molecule has 0 atom stereocenters. The van der Waals surface area contributed by atoms with E-state index in [2.05, 4.69) is 6.92 Å². The Hall–Kier alpha value is 0.120. The third-order valence-electron chi connectivity index (χ3n) is 4.37. The van der Waals surface area contributed by atoms with Crippen molar-refractivity contribution in [2.24, 2.45) is 5.73 Å². The first kappa shape index (κ1) is 29.9. The quantitative estimate of drug-likeness (QED) is 0.135. The van der Waals surface area contributed by atoms with Crippen LogP contribution in [0.2, 0.25) is 0 Å². The van der Waals surface area contributed by atoms with E-state index in [-0.39, 0.29) is 36.1 Å². The summed E-state index contributed by atoms with van der Waals surface area (Å²) in [5, 5.41) is 0. The van der Waals surface area contributed by atoms with Crippen LogP contribution >= 0.6 is 24.0 Å². The second kappa shape index (κ2) is 26.4. The molecule has 0 rings (SSSR count). The summed E-state index contributed by atoms with van der Waals surface area (Å²) in [6.07, 6.45) is 20.7. The number of ether oxygens (including phenoxy) is 1. The smallest absolute Gasteiger partial charge is 0.305 e. The first-order valence-corrected chi connectivity index (χ1v) is 10.2. The largest absolute Gasteiger partial charge is 0.464 e. The van der Waals surface area contributed by atoms with Crippen molar-refractivity contribution in [3.8, 4) is 0 Å². The van der Waals surface area contributed by atoms with Gasteiger partial charge in [-0.05, 0) is 6.42 Å². The van der Waals surface area contributed by atoms with E-state index in [0.29, 0.717) is 19.6 Å². The summed E-state index contributed by atoms with van der Waals surface area (Å²) < 4.78 is 4.95. The summed E-state index contributed by atoms with van der Waals surface area (Å²) in [4.78, 5) is 11.3. The predicted molar refractivity (Wildman–Crippen MR) is 120 cm³/mol. The standard InChI is InChI=1S/C20H41NO2.HI.H3N/c1-2-3-4-5-6-7-8-9-10-11-12-13-14-15-16-17-20(22)23-19-18-21;;/h2-19,21H2,1H3;1H;1H3. The highest BCUT2D eigenvalue weighted by atomic mass is 127. The number of hydrogen-bond acceptors (Lipinski definition) is 4. The lowest BCUT2D eigenvalue weighted by atomic mass is 10.0. The van der Waals surface area contributed by atoms with Gasteiger partial charge in [-0.25, -0.2) is 0 Å². The van der Waals surface area contributed by atoms with Crippen LogP contribution in [0.15, 0.2) is 0 Å². The van der Waals surface area contributed by atoms with Crippen LogP contribution in [0.3, 0.4) is 0 Å². The minimum Gasteiger partial charge on any atom is -0.464 e. The zero-order valence-corrected chi connectivity index (χ0v) is 19.1. The molecule has 0 saturated carbocycles. The Morgan fingerprint density at radius 1 is 0.720 bits per heavy atom. The monoisotopic (exact) mass is 472 g/mol. The Morgan fingerprint density at radius 3 is 1.44 bits per heavy atom. The topological polar surface area (TPSA) is 87.3 Å². The number of carbonyl (C=O) groups is 1. The fourth-order valence-electron chi connectivity index (χ4n) is 2.89. The van der Waals surface area contributed by atoms with Gasteiger partial charge in [-0.2, -0.15) is 0 Å². The molecule has 0 aliphatic carbocycles. The summed E-state index contributed by atoms with van der Waals surface area (Å²) in [5.41, 5.74) is 5.29.